The van der Waals surface area contributed by atoms with E-state index in [4.69, 9.17) is 11.6 Å². The molecule has 0 radical (unpaired) electrons. The van der Waals surface area contributed by atoms with Crippen LogP contribution in [0.15, 0.2) is 18.5 Å². The van der Waals surface area contributed by atoms with Gasteiger partial charge in [-0.3, -0.25) is 9.78 Å². The zero-order valence-corrected chi connectivity index (χ0v) is 12.1. The second-order valence-electron chi connectivity index (χ2n) is 5.04. The minimum atomic E-state index is -0.161. The zero-order valence-electron chi connectivity index (χ0n) is 11.4. The number of halogens is 1. The first-order chi connectivity index (χ1) is 9.66. The molecule has 110 valence electrons. The molecule has 1 aliphatic heterocycles. The van der Waals surface area contributed by atoms with Gasteiger partial charge < -0.3 is 15.3 Å². The number of piperidine rings is 1. The topological polar surface area (TPSA) is 65.5 Å². The van der Waals surface area contributed by atoms with E-state index in [0.29, 0.717) is 17.1 Å². The second-order valence-corrected chi connectivity index (χ2v) is 5.44. The number of carbonyl (C=O) groups excluding carboxylic acids is 1. The maximum atomic E-state index is 11.9. The summed E-state index contributed by atoms with van der Waals surface area (Å²) in [5.74, 6) is -0.161. The molecule has 2 rings (SSSR count). The van der Waals surface area contributed by atoms with Gasteiger partial charge in [-0.15, -0.1) is 0 Å². The van der Waals surface area contributed by atoms with Crippen molar-refractivity contribution in [1.82, 2.24) is 15.2 Å². The first-order valence-electron chi connectivity index (χ1n) is 6.95. The molecule has 2 heterocycles. The summed E-state index contributed by atoms with van der Waals surface area (Å²) in [6.07, 6.45) is 5.47. The van der Waals surface area contributed by atoms with E-state index in [1.807, 2.05) is 0 Å². The predicted octanol–water partition coefficient (Wildman–Crippen LogP) is 1.31. The number of rotatable bonds is 5. The number of nitrogens with zero attached hydrogens (tertiary/aromatic N) is 2. The van der Waals surface area contributed by atoms with Crippen LogP contribution in [0, 0.1) is 0 Å². The molecular formula is C14H20ClN3O2. The normalized spacial score (nSPS) is 17.1. The number of likely N-dealkylation sites (tertiary alicyclic amines) is 1. The van der Waals surface area contributed by atoms with Crippen LogP contribution in [0.2, 0.25) is 5.02 Å². The van der Waals surface area contributed by atoms with Crippen molar-refractivity contribution in [1.29, 1.82) is 0 Å². The fourth-order valence-corrected chi connectivity index (χ4v) is 2.51. The Labute approximate surface area is 123 Å². The second kappa shape index (κ2) is 7.57. The molecule has 0 unspecified atom stereocenters. The Balaban J connectivity index is 1.66. The van der Waals surface area contributed by atoms with Gasteiger partial charge in [0.15, 0.2) is 0 Å². The molecule has 5 nitrogen and oxygen atoms in total. The van der Waals surface area contributed by atoms with Crippen LogP contribution in [-0.4, -0.2) is 53.2 Å². The van der Waals surface area contributed by atoms with Crippen molar-refractivity contribution in [2.75, 3.05) is 26.2 Å². The lowest BCUT2D eigenvalue weighted by Gasteiger charge is -2.29. The molecule has 1 aliphatic rings. The molecule has 2 N–H and O–H groups in total. The highest BCUT2D eigenvalue weighted by Crippen LogP contribution is 2.13. The minimum absolute atomic E-state index is 0.139. The molecule has 1 amide bonds. The lowest BCUT2D eigenvalue weighted by atomic mass is 10.1. The van der Waals surface area contributed by atoms with E-state index in [0.717, 1.165) is 38.9 Å². The molecule has 0 aromatic carbocycles. The Morgan fingerprint density at radius 3 is 2.95 bits per heavy atom. The standard InChI is InChI=1S/C14H20ClN3O2/c15-13-10-16-6-2-12(13)14(20)17-5-1-7-18-8-3-11(19)4-9-18/h2,6,10-11,19H,1,3-5,7-9H2,(H,17,20). The number of pyridine rings is 1. The predicted molar refractivity (Wildman–Crippen MR) is 77.9 cm³/mol. The summed E-state index contributed by atoms with van der Waals surface area (Å²) >= 11 is 5.91. The van der Waals surface area contributed by atoms with Crippen molar-refractivity contribution in [3.63, 3.8) is 0 Å². The fraction of sp³-hybridized carbons (Fsp3) is 0.571. The Hall–Kier alpha value is -1.17. The average Bonchev–Trinajstić information content (AvgIpc) is 2.46. The first kappa shape index (κ1) is 15.2. The van der Waals surface area contributed by atoms with E-state index >= 15 is 0 Å². The average molecular weight is 298 g/mol. The van der Waals surface area contributed by atoms with Gasteiger partial charge in [-0.1, -0.05) is 11.6 Å². The van der Waals surface area contributed by atoms with E-state index in [-0.39, 0.29) is 12.0 Å². The lowest BCUT2D eigenvalue weighted by molar-refractivity contribution is 0.0816. The van der Waals surface area contributed by atoms with Gasteiger partial charge in [0.05, 0.1) is 16.7 Å². The molecule has 6 heteroatoms. The Morgan fingerprint density at radius 2 is 2.25 bits per heavy atom. The van der Waals surface area contributed by atoms with Gasteiger partial charge in [-0.05, 0) is 31.9 Å². The number of amides is 1. The number of aliphatic hydroxyl groups excluding tert-OH is 1. The molecule has 0 aliphatic carbocycles. The monoisotopic (exact) mass is 297 g/mol. The van der Waals surface area contributed by atoms with Crippen molar-refractivity contribution in [2.45, 2.75) is 25.4 Å². The van der Waals surface area contributed by atoms with E-state index in [9.17, 15) is 9.90 Å². The van der Waals surface area contributed by atoms with Gasteiger partial charge in [0, 0.05) is 32.0 Å². The number of nitrogens with one attached hydrogen (secondary N) is 1. The summed E-state index contributed by atoms with van der Waals surface area (Å²) in [5.41, 5.74) is 0.461. The molecular weight excluding hydrogens is 278 g/mol. The Kier molecular flexibility index (Phi) is 5.76. The van der Waals surface area contributed by atoms with Crippen molar-refractivity contribution < 1.29 is 9.90 Å². The number of aliphatic hydroxyl groups is 1. The summed E-state index contributed by atoms with van der Waals surface area (Å²) in [4.78, 5) is 18.1. The van der Waals surface area contributed by atoms with Crippen LogP contribution in [0.25, 0.3) is 0 Å². The van der Waals surface area contributed by atoms with Crippen LogP contribution in [0.4, 0.5) is 0 Å². The highest BCUT2D eigenvalue weighted by atomic mass is 35.5. The molecule has 1 aromatic heterocycles. The molecule has 1 fully saturated rings. The van der Waals surface area contributed by atoms with Crippen LogP contribution in [0.5, 0.6) is 0 Å². The zero-order chi connectivity index (χ0) is 14.4. The first-order valence-corrected chi connectivity index (χ1v) is 7.33. The number of aromatic nitrogens is 1. The quantitative estimate of drug-likeness (QED) is 0.804. The fourth-order valence-electron chi connectivity index (χ4n) is 2.30. The summed E-state index contributed by atoms with van der Waals surface area (Å²) in [7, 11) is 0. The number of carbonyl (C=O) groups is 1. The van der Waals surface area contributed by atoms with Crippen molar-refractivity contribution in [2.24, 2.45) is 0 Å². The maximum absolute atomic E-state index is 11.9. The van der Waals surface area contributed by atoms with E-state index < -0.39 is 0 Å². The van der Waals surface area contributed by atoms with E-state index in [2.05, 4.69) is 15.2 Å². The van der Waals surface area contributed by atoms with Crippen molar-refractivity contribution >= 4 is 17.5 Å². The Morgan fingerprint density at radius 1 is 1.50 bits per heavy atom. The summed E-state index contributed by atoms with van der Waals surface area (Å²) in [5, 5.41) is 12.7. The maximum Gasteiger partial charge on any atom is 0.252 e. The van der Waals surface area contributed by atoms with Crippen LogP contribution in [-0.2, 0) is 0 Å². The van der Waals surface area contributed by atoms with Gasteiger partial charge >= 0.3 is 0 Å². The third-order valence-electron chi connectivity index (χ3n) is 3.51. The van der Waals surface area contributed by atoms with Crippen molar-refractivity contribution in [3.8, 4) is 0 Å². The molecule has 1 saturated heterocycles. The van der Waals surface area contributed by atoms with Crippen molar-refractivity contribution in [3.05, 3.63) is 29.0 Å². The van der Waals surface area contributed by atoms with Crippen LogP contribution in [0.1, 0.15) is 29.6 Å². The third-order valence-corrected chi connectivity index (χ3v) is 3.81. The summed E-state index contributed by atoms with van der Waals surface area (Å²) < 4.78 is 0. The molecule has 0 bridgehead atoms. The smallest absolute Gasteiger partial charge is 0.252 e. The third kappa shape index (κ3) is 4.44. The van der Waals surface area contributed by atoms with E-state index in [1.165, 1.54) is 6.20 Å². The van der Waals surface area contributed by atoms with Crippen LogP contribution < -0.4 is 5.32 Å². The molecule has 0 atom stereocenters. The molecule has 0 saturated carbocycles. The van der Waals surface area contributed by atoms with Gasteiger partial charge in [-0.2, -0.15) is 0 Å². The van der Waals surface area contributed by atoms with E-state index in [1.54, 1.807) is 12.3 Å². The van der Waals surface area contributed by atoms with Gasteiger partial charge in [0.1, 0.15) is 0 Å². The van der Waals surface area contributed by atoms with Gasteiger partial charge in [0.2, 0.25) is 0 Å². The number of hydrogen-bond donors (Lipinski definition) is 2. The van der Waals surface area contributed by atoms with Crippen LogP contribution >= 0.6 is 11.6 Å². The number of hydrogen-bond acceptors (Lipinski definition) is 4. The Bertz CT molecular complexity index is 448. The SMILES string of the molecule is O=C(NCCCN1CCC(O)CC1)c1ccncc1Cl. The highest BCUT2D eigenvalue weighted by molar-refractivity contribution is 6.33. The highest BCUT2D eigenvalue weighted by Gasteiger charge is 2.16. The summed E-state index contributed by atoms with van der Waals surface area (Å²) in [6, 6.07) is 1.61. The van der Waals surface area contributed by atoms with Crippen LogP contribution in [0.3, 0.4) is 0 Å². The molecule has 1 aromatic rings. The molecule has 0 spiro atoms. The van der Waals surface area contributed by atoms with Gasteiger partial charge in [-0.25, -0.2) is 0 Å². The molecule has 20 heavy (non-hydrogen) atoms. The van der Waals surface area contributed by atoms with Gasteiger partial charge in [0.25, 0.3) is 5.91 Å². The summed E-state index contributed by atoms with van der Waals surface area (Å²) in [6.45, 7) is 3.43. The largest absolute Gasteiger partial charge is 0.393 e. The lowest BCUT2D eigenvalue weighted by Crippen LogP contribution is -2.37. The minimum Gasteiger partial charge on any atom is -0.393 e.